The van der Waals surface area contributed by atoms with E-state index in [4.69, 9.17) is 29.4 Å². The molecular formula is H3KNO6P. The van der Waals surface area contributed by atoms with Crippen LogP contribution in [0.4, 0.5) is 0 Å². The summed E-state index contributed by atoms with van der Waals surface area (Å²) >= 11 is 0. The molecule has 0 radical (unpaired) electrons. The minimum absolute atomic E-state index is 0. The second-order valence-corrected chi connectivity index (χ2v) is 1.61. The summed E-state index contributed by atoms with van der Waals surface area (Å²) in [4.78, 5) is 29.6. The summed E-state index contributed by atoms with van der Waals surface area (Å²) in [5.41, 5.74) is 0. The van der Waals surface area contributed by atoms with Crippen molar-refractivity contribution in [2.45, 2.75) is 0 Å². The van der Waals surface area contributed by atoms with Crippen LogP contribution in [0.1, 0.15) is 0 Å². The van der Waals surface area contributed by atoms with Gasteiger partial charge in [-0.3, -0.25) is 0 Å². The van der Waals surface area contributed by atoms with Crippen LogP contribution in [0.15, 0.2) is 5.34 Å². The minimum atomic E-state index is -4.64. The van der Waals surface area contributed by atoms with Crippen molar-refractivity contribution in [1.82, 2.24) is 0 Å². The molecule has 0 saturated carbocycles. The molecule has 0 heterocycles. The average molecular weight is 183 g/mol. The summed E-state index contributed by atoms with van der Waals surface area (Å²) in [6, 6.07) is 0. The molecule has 9 heteroatoms. The largest absolute Gasteiger partial charge is 1.00 e. The Labute approximate surface area is 92.7 Å². The van der Waals surface area contributed by atoms with Crippen LogP contribution in [0, 0.1) is 10.1 Å². The average Bonchev–Trinajstić information content (AvgIpc) is 1.27. The summed E-state index contributed by atoms with van der Waals surface area (Å²) in [6.45, 7) is 0. The normalized spacial score (nSPS) is 7.89. The van der Waals surface area contributed by atoms with E-state index < -0.39 is 7.82 Å². The maximum Gasteiger partial charge on any atom is 1.00 e. The standard InChI is InChI=1S/K.HNO2.H3O4P/c;2-1-3;1-5(2,3)4/h;(H,2,3);(H3,1,2,3,4)/q+1;;/p-1. The second-order valence-electron chi connectivity index (χ2n) is 0.588. The van der Waals surface area contributed by atoms with E-state index in [0.717, 1.165) is 5.34 Å². The van der Waals surface area contributed by atoms with Crippen molar-refractivity contribution in [3.63, 3.8) is 0 Å². The summed E-state index contributed by atoms with van der Waals surface area (Å²) in [6.07, 6.45) is 0. The first-order valence-electron chi connectivity index (χ1n) is 1.15. The number of phosphoric acid groups is 1. The monoisotopic (exact) mass is 183 g/mol. The number of rotatable bonds is 0. The van der Waals surface area contributed by atoms with E-state index in [2.05, 4.69) is 0 Å². The molecular weight excluding hydrogens is 180 g/mol. The van der Waals surface area contributed by atoms with Crippen molar-refractivity contribution < 1.29 is 70.6 Å². The molecule has 0 bridgehead atoms. The quantitative estimate of drug-likeness (QED) is 0.153. The molecule has 0 saturated heterocycles. The van der Waals surface area contributed by atoms with E-state index in [9.17, 15) is 0 Å². The van der Waals surface area contributed by atoms with Gasteiger partial charge in [0, 0.05) is 0 Å². The van der Waals surface area contributed by atoms with Gasteiger partial charge in [-0.1, -0.05) is 0 Å². The van der Waals surface area contributed by atoms with Crippen LogP contribution in [-0.2, 0) is 4.57 Å². The van der Waals surface area contributed by atoms with Gasteiger partial charge >= 0.3 is 59.2 Å². The third kappa shape index (κ3) is 355. The zero-order valence-electron chi connectivity index (χ0n) is 4.46. The van der Waals surface area contributed by atoms with Crippen LogP contribution in [-0.4, -0.2) is 14.7 Å². The van der Waals surface area contributed by atoms with Crippen LogP contribution in [0.25, 0.3) is 0 Å². The van der Waals surface area contributed by atoms with Gasteiger partial charge in [0.05, 0.1) is 0 Å². The first kappa shape index (κ1) is 16.6. The SMILES string of the molecule is O=N[O-].O=P(O)(O)O.[K+]. The molecule has 0 aliphatic rings. The number of hydrogen-bond donors (Lipinski definition) is 3. The van der Waals surface area contributed by atoms with Crippen molar-refractivity contribution in [2.75, 3.05) is 0 Å². The molecule has 0 aromatic carbocycles. The van der Waals surface area contributed by atoms with E-state index in [1.807, 2.05) is 0 Å². The molecule has 0 spiro atoms. The van der Waals surface area contributed by atoms with Crippen molar-refractivity contribution >= 4 is 7.82 Å². The van der Waals surface area contributed by atoms with E-state index in [0.29, 0.717) is 0 Å². The Morgan fingerprint density at radius 2 is 1.33 bits per heavy atom. The Morgan fingerprint density at radius 3 is 1.33 bits per heavy atom. The summed E-state index contributed by atoms with van der Waals surface area (Å²) < 4.78 is 8.88. The Morgan fingerprint density at radius 1 is 1.33 bits per heavy atom. The van der Waals surface area contributed by atoms with Gasteiger partial charge in [-0.05, 0) is 0 Å². The van der Waals surface area contributed by atoms with Crippen molar-refractivity contribution in [3.05, 3.63) is 10.1 Å². The van der Waals surface area contributed by atoms with E-state index in [1.165, 1.54) is 0 Å². The van der Waals surface area contributed by atoms with Gasteiger partial charge in [0.1, 0.15) is 0 Å². The smallest absolute Gasteiger partial charge is 0.444 e. The first-order chi connectivity index (χ1) is 3.41. The van der Waals surface area contributed by atoms with Gasteiger partial charge in [-0.25, -0.2) is 4.57 Å². The molecule has 0 atom stereocenters. The van der Waals surface area contributed by atoms with Gasteiger partial charge in [-0.2, -0.15) is 0 Å². The minimum Gasteiger partial charge on any atom is -0.444 e. The molecule has 0 aromatic rings. The molecule has 7 nitrogen and oxygen atoms in total. The number of hydrogen-bond acceptors (Lipinski definition) is 4. The molecule has 0 aliphatic carbocycles. The summed E-state index contributed by atoms with van der Waals surface area (Å²) in [7, 11) is -4.64. The molecule has 0 fully saturated rings. The Kier molecular flexibility index (Phi) is 16.9. The Bertz CT molecular complexity index is 87.0. The third-order valence-corrected chi connectivity index (χ3v) is 0. The second kappa shape index (κ2) is 9.15. The van der Waals surface area contributed by atoms with E-state index >= 15 is 0 Å². The fraction of sp³-hybridized carbons (Fsp3) is 0. The summed E-state index contributed by atoms with van der Waals surface area (Å²) in [5, 5.41) is 9.00. The van der Waals surface area contributed by atoms with Gasteiger partial charge in [0.25, 0.3) is 0 Å². The third-order valence-electron chi connectivity index (χ3n) is 0. The van der Waals surface area contributed by atoms with Crippen molar-refractivity contribution in [1.29, 1.82) is 0 Å². The Hall–Kier alpha value is 1.15. The fourth-order valence-corrected chi connectivity index (χ4v) is 0. The fourth-order valence-electron chi connectivity index (χ4n) is 0. The molecule has 9 heavy (non-hydrogen) atoms. The predicted octanol–water partition coefficient (Wildman–Crippen LogP) is -3.67. The van der Waals surface area contributed by atoms with Crippen LogP contribution >= 0.6 is 7.82 Å². The zero-order valence-corrected chi connectivity index (χ0v) is 8.48. The molecule has 50 valence electrons. The molecule has 3 N–H and O–H groups in total. The molecule has 0 unspecified atom stereocenters. The van der Waals surface area contributed by atoms with Gasteiger partial charge in [0.15, 0.2) is 0 Å². The first-order valence-corrected chi connectivity index (χ1v) is 2.71. The van der Waals surface area contributed by atoms with Gasteiger partial charge in [0.2, 0.25) is 0 Å². The van der Waals surface area contributed by atoms with Crippen LogP contribution in [0.2, 0.25) is 0 Å². The molecule has 0 amide bonds. The molecule has 0 aromatic heterocycles. The van der Waals surface area contributed by atoms with Crippen molar-refractivity contribution in [3.8, 4) is 0 Å². The van der Waals surface area contributed by atoms with Crippen molar-refractivity contribution in [2.24, 2.45) is 5.34 Å². The number of nitrogens with zero attached hydrogens (tertiary/aromatic N) is 1. The zero-order chi connectivity index (χ0) is 7.21. The Balaban J connectivity index is -0.0000000800. The van der Waals surface area contributed by atoms with Crippen LogP contribution in [0.5, 0.6) is 0 Å². The molecule has 0 aliphatic heterocycles. The topological polar surface area (TPSA) is 130 Å². The maximum atomic E-state index is 8.88. The van der Waals surface area contributed by atoms with Gasteiger partial charge < -0.3 is 24.8 Å². The predicted molar refractivity (Wildman–Crippen MR) is 23.4 cm³/mol. The van der Waals surface area contributed by atoms with Crippen LogP contribution < -0.4 is 51.4 Å². The maximum absolute atomic E-state index is 8.88. The summed E-state index contributed by atoms with van der Waals surface area (Å²) in [5.74, 6) is 0. The van der Waals surface area contributed by atoms with Gasteiger partial charge in [-0.15, -0.1) is 5.34 Å². The van der Waals surface area contributed by atoms with E-state index in [1.54, 1.807) is 0 Å². The molecule has 0 rings (SSSR count). The van der Waals surface area contributed by atoms with E-state index in [-0.39, 0.29) is 51.4 Å². The van der Waals surface area contributed by atoms with Crippen LogP contribution in [0.3, 0.4) is 0 Å².